The minimum Gasteiger partial charge on any atom is -0.465 e. The van der Waals surface area contributed by atoms with Gasteiger partial charge in [0.05, 0.1) is 12.4 Å². The fourth-order valence-corrected chi connectivity index (χ4v) is 3.36. The average molecular weight is 256 g/mol. The Hall–Kier alpha value is 0.300. The summed E-state index contributed by atoms with van der Waals surface area (Å²) in [5, 5.41) is 0. The van der Waals surface area contributed by atoms with Crippen LogP contribution in [0.25, 0.3) is 0 Å². The number of carbonyl (C=O) groups excluding carboxylic acids is 1. The topological polar surface area (TPSA) is 26.3 Å². The standard InChI is InChI=1S/C8H15O2S.BrH/c1-2-10-8(9)7-11-5-3-4-6-11;/h2-7H2,1H3;1H. The summed E-state index contributed by atoms with van der Waals surface area (Å²) in [7, 11) is 0.367. The second-order valence-corrected chi connectivity index (χ2v) is 5.01. The molecule has 2 nitrogen and oxygen atoms in total. The Balaban J connectivity index is 0.00000121. The van der Waals surface area contributed by atoms with E-state index in [-0.39, 0.29) is 23.0 Å². The molecule has 0 bridgehead atoms. The van der Waals surface area contributed by atoms with Crippen molar-refractivity contribution < 1.29 is 9.53 Å². The molecule has 0 aliphatic carbocycles. The van der Waals surface area contributed by atoms with E-state index in [0.29, 0.717) is 23.3 Å². The van der Waals surface area contributed by atoms with Crippen molar-refractivity contribution in [3.05, 3.63) is 0 Å². The molecule has 0 N–H and O–H groups in total. The molecule has 0 amide bonds. The zero-order valence-corrected chi connectivity index (χ0v) is 9.91. The van der Waals surface area contributed by atoms with Crippen molar-refractivity contribution in [1.82, 2.24) is 0 Å². The van der Waals surface area contributed by atoms with Crippen molar-refractivity contribution in [3.8, 4) is 0 Å². The Morgan fingerprint density at radius 1 is 1.42 bits per heavy atom. The fraction of sp³-hybridized carbons (Fsp3) is 0.875. The smallest absolute Gasteiger partial charge is 0.315 e. The lowest BCUT2D eigenvalue weighted by Crippen LogP contribution is -2.10. The number of hydrogen-bond donors (Lipinski definition) is 0. The summed E-state index contributed by atoms with van der Waals surface area (Å²) in [5.74, 6) is 3.17. The van der Waals surface area contributed by atoms with Gasteiger partial charge in [0.1, 0.15) is 0 Å². The summed E-state index contributed by atoms with van der Waals surface area (Å²) in [5.41, 5.74) is 0. The number of carbonyl (C=O) groups is 1. The Morgan fingerprint density at radius 2 is 2.00 bits per heavy atom. The number of esters is 1. The molecule has 1 saturated heterocycles. The average Bonchev–Trinajstić information content (AvgIpc) is 2.40. The second kappa shape index (κ2) is 6.78. The molecule has 0 aromatic heterocycles. The van der Waals surface area contributed by atoms with Crippen molar-refractivity contribution in [3.63, 3.8) is 0 Å². The molecule has 0 aromatic rings. The summed E-state index contributed by atoms with van der Waals surface area (Å²) in [4.78, 5) is 11.0. The predicted molar refractivity (Wildman–Crippen MR) is 58.4 cm³/mol. The molecule has 0 aromatic carbocycles. The fourth-order valence-electron chi connectivity index (χ4n) is 1.23. The van der Waals surface area contributed by atoms with Crippen LogP contribution < -0.4 is 0 Å². The van der Waals surface area contributed by atoms with Crippen LogP contribution in [0.1, 0.15) is 19.8 Å². The van der Waals surface area contributed by atoms with Gasteiger partial charge in [-0.05, 0) is 31.3 Å². The minimum atomic E-state index is -0.00210. The first-order valence-electron chi connectivity index (χ1n) is 4.12. The van der Waals surface area contributed by atoms with Gasteiger partial charge in [-0.15, -0.1) is 17.0 Å². The number of rotatable bonds is 3. The first kappa shape index (κ1) is 12.3. The summed E-state index contributed by atoms with van der Waals surface area (Å²) in [6.45, 7) is 2.38. The lowest BCUT2D eigenvalue weighted by atomic mass is 10.4. The van der Waals surface area contributed by atoms with Gasteiger partial charge in [-0.25, -0.2) is 0 Å². The van der Waals surface area contributed by atoms with Gasteiger partial charge in [0.15, 0.2) is 0 Å². The van der Waals surface area contributed by atoms with Gasteiger partial charge in [0.25, 0.3) is 0 Å². The molecular formula is C8H16BrO2S. The van der Waals surface area contributed by atoms with Gasteiger partial charge in [-0.1, -0.05) is 0 Å². The number of ether oxygens (including phenoxy) is 1. The Morgan fingerprint density at radius 3 is 2.50 bits per heavy atom. The van der Waals surface area contributed by atoms with Crippen molar-refractivity contribution in [2.75, 3.05) is 23.9 Å². The van der Waals surface area contributed by atoms with Crippen LogP contribution in [0.5, 0.6) is 0 Å². The van der Waals surface area contributed by atoms with Crippen LogP contribution in [0.2, 0.25) is 0 Å². The zero-order chi connectivity index (χ0) is 8.10. The molecule has 1 radical (unpaired) electrons. The van der Waals surface area contributed by atoms with Crippen molar-refractivity contribution >= 4 is 33.8 Å². The number of hydrogen-bond acceptors (Lipinski definition) is 2. The third-order valence-corrected chi connectivity index (χ3v) is 4.12. The lowest BCUT2D eigenvalue weighted by Gasteiger charge is -2.09. The number of halogens is 1. The molecule has 0 atom stereocenters. The monoisotopic (exact) mass is 255 g/mol. The van der Waals surface area contributed by atoms with Crippen molar-refractivity contribution in [1.29, 1.82) is 0 Å². The van der Waals surface area contributed by atoms with E-state index < -0.39 is 0 Å². The molecule has 1 heterocycles. The summed E-state index contributed by atoms with van der Waals surface area (Å²) >= 11 is 0. The molecule has 1 rings (SSSR count). The van der Waals surface area contributed by atoms with E-state index in [2.05, 4.69) is 0 Å². The highest BCUT2D eigenvalue weighted by atomic mass is 79.9. The van der Waals surface area contributed by atoms with Crippen LogP contribution in [0.4, 0.5) is 0 Å². The van der Waals surface area contributed by atoms with Crippen LogP contribution in [0.15, 0.2) is 0 Å². The Kier molecular flexibility index (Phi) is 6.95. The van der Waals surface area contributed by atoms with Gasteiger partial charge >= 0.3 is 5.97 Å². The molecule has 1 fully saturated rings. The maximum atomic E-state index is 11.0. The van der Waals surface area contributed by atoms with Crippen molar-refractivity contribution in [2.45, 2.75) is 19.8 Å². The summed E-state index contributed by atoms with van der Waals surface area (Å²) < 4.78 is 4.87. The highest BCUT2D eigenvalue weighted by Gasteiger charge is 2.16. The van der Waals surface area contributed by atoms with Gasteiger partial charge in [0.2, 0.25) is 0 Å². The van der Waals surface area contributed by atoms with Crippen LogP contribution in [0.3, 0.4) is 0 Å². The highest BCUT2D eigenvalue weighted by Crippen LogP contribution is 2.33. The Labute approximate surface area is 87.2 Å². The van der Waals surface area contributed by atoms with Crippen LogP contribution in [-0.2, 0) is 9.53 Å². The van der Waals surface area contributed by atoms with E-state index in [1.54, 1.807) is 0 Å². The molecule has 0 saturated carbocycles. The largest absolute Gasteiger partial charge is 0.465 e. The van der Waals surface area contributed by atoms with E-state index in [0.717, 1.165) is 0 Å². The molecular weight excluding hydrogens is 240 g/mol. The summed E-state index contributed by atoms with van der Waals surface area (Å²) in [6.07, 6.45) is 2.62. The van der Waals surface area contributed by atoms with Gasteiger partial charge < -0.3 is 4.74 Å². The summed E-state index contributed by atoms with van der Waals surface area (Å²) in [6, 6.07) is 0. The van der Waals surface area contributed by atoms with Crippen LogP contribution >= 0.6 is 27.9 Å². The van der Waals surface area contributed by atoms with E-state index in [1.165, 1.54) is 24.3 Å². The Bertz CT molecular complexity index is 135. The maximum Gasteiger partial charge on any atom is 0.315 e. The molecule has 73 valence electrons. The predicted octanol–water partition coefficient (Wildman–Crippen LogP) is 2.19. The lowest BCUT2D eigenvalue weighted by molar-refractivity contribution is -0.139. The van der Waals surface area contributed by atoms with Gasteiger partial charge in [-0.3, -0.25) is 4.79 Å². The first-order valence-corrected chi connectivity index (χ1v) is 5.86. The third-order valence-electron chi connectivity index (χ3n) is 1.74. The van der Waals surface area contributed by atoms with Crippen LogP contribution in [-0.4, -0.2) is 29.8 Å². The maximum absolute atomic E-state index is 11.0. The normalized spacial score (nSPS) is 17.1. The van der Waals surface area contributed by atoms with E-state index in [4.69, 9.17) is 4.74 Å². The zero-order valence-electron chi connectivity index (χ0n) is 7.38. The molecule has 0 spiro atoms. The molecule has 4 heteroatoms. The van der Waals surface area contributed by atoms with Gasteiger partial charge in [0, 0.05) is 0 Å². The molecule has 1 aliphatic heterocycles. The first-order chi connectivity index (χ1) is 5.33. The van der Waals surface area contributed by atoms with Gasteiger partial charge in [-0.2, -0.15) is 10.9 Å². The molecule has 12 heavy (non-hydrogen) atoms. The van der Waals surface area contributed by atoms with Crippen molar-refractivity contribution in [2.24, 2.45) is 0 Å². The third kappa shape index (κ3) is 4.36. The second-order valence-electron chi connectivity index (χ2n) is 2.68. The molecule has 0 unspecified atom stereocenters. The van der Waals surface area contributed by atoms with E-state index in [1.807, 2.05) is 6.92 Å². The minimum absolute atomic E-state index is 0. The SMILES string of the molecule is Br.CCOC(=O)C[S]1CCCC1. The van der Waals surface area contributed by atoms with Crippen LogP contribution in [0, 0.1) is 0 Å². The van der Waals surface area contributed by atoms with E-state index >= 15 is 0 Å². The highest BCUT2D eigenvalue weighted by molar-refractivity contribution is 8.93. The van der Waals surface area contributed by atoms with E-state index in [9.17, 15) is 4.79 Å². The molecule has 1 aliphatic rings. The quantitative estimate of drug-likeness (QED) is 0.723.